The molecular weight excluding hydrogens is 386 g/mol. The largest absolute Gasteiger partial charge is 0.329 e. The number of carbonyl (C=O) groups excluding carboxylic acids is 1. The highest BCUT2D eigenvalue weighted by atomic mass is 32.2. The SMILES string of the molecule is O=C1Cc2cc(S(=O)(=O)N3CC[NH+](Cc4ccccc4)CC3)cc3c2N1CCC3. The first-order valence-electron chi connectivity index (χ1n) is 10.4. The number of sulfonamides is 1. The van der Waals surface area contributed by atoms with Crippen LogP contribution in [0, 0.1) is 0 Å². The molecule has 0 aliphatic carbocycles. The summed E-state index contributed by atoms with van der Waals surface area (Å²) < 4.78 is 28.3. The molecule has 2 aromatic rings. The molecule has 0 unspecified atom stereocenters. The average Bonchev–Trinajstić information content (AvgIpc) is 3.06. The summed E-state index contributed by atoms with van der Waals surface area (Å²) in [5.41, 5.74) is 4.13. The van der Waals surface area contributed by atoms with Crippen molar-refractivity contribution in [3.63, 3.8) is 0 Å². The quantitative estimate of drug-likeness (QED) is 0.801. The molecule has 0 radical (unpaired) electrons. The molecule has 0 bridgehead atoms. The van der Waals surface area contributed by atoms with Crippen LogP contribution in [0.1, 0.15) is 23.1 Å². The van der Waals surface area contributed by atoms with Crippen molar-refractivity contribution in [2.45, 2.75) is 30.7 Å². The Kier molecular flexibility index (Phi) is 4.69. The number of anilines is 1. The number of carbonyl (C=O) groups is 1. The van der Waals surface area contributed by atoms with Gasteiger partial charge in [-0.1, -0.05) is 30.3 Å². The molecule has 0 atom stereocenters. The third-order valence-electron chi connectivity index (χ3n) is 6.35. The first kappa shape index (κ1) is 18.8. The highest BCUT2D eigenvalue weighted by Crippen LogP contribution is 2.38. The molecule has 7 heteroatoms. The zero-order chi connectivity index (χ0) is 20.0. The van der Waals surface area contributed by atoms with Gasteiger partial charge in [0.25, 0.3) is 0 Å². The maximum absolute atomic E-state index is 13.3. The molecule has 2 aromatic carbocycles. The number of nitrogens with zero attached hydrogens (tertiary/aromatic N) is 2. The number of hydrogen-bond donors (Lipinski definition) is 1. The van der Waals surface area contributed by atoms with Crippen LogP contribution < -0.4 is 9.80 Å². The van der Waals surface area contributed by atoms with Crippen LogP contribution in [-0.4, -0.2) is 51.4 Å². The van der Waals surface area contributed by atoms with Gasteiger partial charge in [-0.05, 0) is 36.1 Å². The molecular formula is C22H26N3O3S+. The van der Waals surface area contributed by atoms with Gasteiger partial charge in [0.05, 0.1) is 43.2 Å². The Morgan fingerprint density at radius 2 is 1.69 bits per heavy atom. The molecule has 152 valence electrons. The minimum Gasteiger partial charge on any atom is -0.329 e. The zero-order valence-electron chi connectivity index (χ0n) is 16.4. The van der Waals surface area contributed by atoms with E-state index in [1.807, 2.05) is 29.2 Å². The molecule has 1 fully saturated rings. The lowest BCUT2D eigenvalue weighted by Crippen LogP contribution is -3.13. The van der Waals surface area contributed by atoms with Gasteiger partial charge in [-0.25, -0.2) is 8.42 Å². The van der Waals surface area contributed by atoms with E-state index in [2.05, 4.69) is 12.1 Å². The number of hydrogen-bond acceptors (Lipinski definition) is 3. The summed E-state index contributed by atoms with van der Waals surface area (Å²) in [7, 11) is -3.53. The summed E-state index contributed by atoms with van der Waals surface area (Å²) in [6, 6.07) is 13.9. The Morgan fingerprint density at radius 3 is 2.45 bits per heavy atom. The van der Waals surface area contributed by atoms with E-state index >= 15 is 0 Å². The van der Waals surface area contributed by atoms with E-state index < -0.39 is 10.0 Å². The maximum atomic E-state index is 13.3. The highest BCUT2D eigenvalue weighted by Gasteiger charge is 2.36. The predicted molar refractivity (Wildman–Crippen MR) is 110 cm³/mol. The summed E-state index contributed by atoms with van der Waals surface area (Å²) in [5, 5.41) is 0. The Labute approximate surface area is 171 Å². The minimum atomic E-state index is -3.53. The van der Waals surface area contributed by atoms with Crippen LogP contribution in [-0.2, 0) is 34.2 Å². The monoisotopic (exact) mass is 412 g/mol. The Bertz CT molecular complexity index is 1040. The average molecular weight is 413 g/mol. The van der Waals surface area contributed by atoms with E-state index in [1.165, 1.54) is 10.5 Å². The van der Waals surface area contributed by atoms with Gasteiger partial charge in [-0.3, -0.25) is 4.79 Å². The van der Waals surface area contributed by atoms with Gasteiger partial charge in [-0.15, -0.1) is 0 Å². The second-order valence-electron chi connectivity index (χ2n) is 8.23. The smallest absolute Gasteiger partial charge is 0.243 e. The van der Waals surface area contributed by atoms with Crippen LogP contribution >= 0.6 is 0 Å². The number of aryl methyl sites for hydroxylation is 1. The number of piperazine rings is 1. The van der Waals surface area contributed by atoms with Crippen molar-refractivity contribution in [3.05, 3.63) is 59.2 Å². The summed E-state index contributed by atoms with van der Waals surface area (Å²) in [5.74, 6) is 0.0913. The van der Waals surface area contributed by atoms with Crippen LogP contribution in [0.4, 0.5) is 5.69 Å². The first-order chi connectivity index (χ1) is 14.0. The summed E-state index contributed by atoms with van der Waals surface area (Å²) in [6.45, 7) is 4.34. The fraction of sp³-hybridized carbons (Fsp3) is 0.409. The molecule has 3 aliphatic heterocycles. The molecule has 3 aliphatic rings. The molecule has 0 aromatic heterocycles. The van der Waals surface area contributed by atoms with Crippen molar-refractivity contribution in [1.82, 2.24) is 4.31 Å². The number of quaternary nitrogens is 1. The lowest BCUT2D eigenvalue weighted by atomic mass is 10.0. The molecule has 1 N–H and O–H groups in total. The van der Waals surface area contributed by atoms with E-state index in [-0.39, 0.29) is 5.91 Å². The topological polar surface area (TPSA) is 62.1 Å². The van der Waals surface area contributed by atoms with Crippen molar-refractivity contribution in [3.8, 4) is 0 Å². The molecule has 3 heterocycles. The normalized spacial score (nSPS) is 20.1. The Balaban J connectivity index is 1.34. The van der Waals surface area contributed by atoms with Crippen LogP contribution in [0.25, 0.3) is 0 Å². The molecule has 0 saturated carbocycles. The van der Waals surface area contributed by atoms with Crippen LogP contribution in [0.2, 0.25) is 0 Å². The van der Waals surface area contributed by atoms with Crippen LogP contribution in [0.3, 0.4) is 0 Å². The van der Waals surface area contributed by atoms with E-state index in [4.69, 9.17) is 0 Å². The Morgan fingerprint density at radius 1 is 0.966 bits per heavy atom. The standard InChI is InChI=1S/C22H25N3O3S/c26-21-15-19-14-20(13-18-7-4-8-25(21)22(18)19)29(27,28)24-11-9-23(10-12-24)16-17-5-2-1-3-6-17/h1-3,5-6,13-14H,4,7-12,15-16H2/p+1. The summed E-state index contributed by atoms with van der Waals surface area (Å²) >= 11 is 0. The van der Waals surface area contributed by atoms with E-state index in [9.17, 15) is 13.2 Å². The number of nitrogens with one attached hydrogen (secondary N) is 1. The maximum Gasteiger partial charge on any atom is 0.243 e. The first-order valence-corrected chi connectivity index (χ1v) is 11.8. The molecule has 5 rings (SSSR count). The molecule has 0 spiro atoms. The fourth-order valence-corrected chi connectivity index (χ4v) is 6.39. The van der Waals surface area contributed by atoms with Gasteiger partial charge in [0.15, 0.2) is 0 Å². The number of amides is 1. The number of rotatable bonds is 4. The third-order valence-corrected chi connectivity index (χ3v) is 8.22. The second-order valence-corrected chi connectivity index (χ2v) is 10.2. The zero-order valence-corrected chi connectivity index (χ0v) is 17.2. The van der Waals surface area contributed by atoms with E-state index in [1.54, 1.807) is 10.4 Å². The van der Waals surface area contributed by atoms with Crippen LogP contribution in [0.15, 0.2) is 47.4 Å². The van der Waals surface area contributed by atoms with Crippen molar-refractivity contribution < 1.29 is 18.1 Å². The fourth-order valence-electron chi connectivity index (χ4n) is 4.85. The lowest BCUT2D eigenvalue weighted by Gasteiger charge is -2.32. The van der Waals surface area contributed by atoms with Crippen molar-refractivity contribution in [2.24, 2.45) is 0 Å². The lowest BCUT2D eigenvalue weighted by molar-refractivity contribution is -0.917. The highest BCUT2D eigenvalue weighted by molar-refractivity contribution is 7.89. The summed E-state index contributed by atoms with van der Waals surface area (Å²) in [4.78, 5) is 15.9. The molecule has 6 nitrogen and oxygen atoms in total. The molecule has 1 saturated heterocycles. The minimum absolute atomic E-state index is 0.0913. The van der Waals surface area contributed by atoms with Gasteiger partial charge in [0.2, 0.25) is 15.9 Å². The van der Waals surface area contributed by atoms with Gasteiger partial charge >= 0.3 is 0 Å². The van der Waals surface area contributed by atoms with Crippen molar-refractivity contribution in [2.75, 3.05) is 37.6 Å². The molecule has 1 amide bonds. The van der Waals surface area contributed by atoms with Crippen molar-refractivity contribution in [1.29, 1.82) is 0 Å². The van der Waals surface area contributed by atoms with Gasteiger partial charge in [0, 0.05) is 12.1 Å². The van der Waals surface area contributed by atoms with E-state index in [0.717, 1.165) is 55.8 Å². The van der Waals surface area contributed by atoms with E-state index in [0.29, 0.717) is 24.4 Å². The van der Waals surface area contributed by atoms with Gasteiger partial charge in [0.1, 0.15) is 6.54 Å². The van der Waals surface area contributed by atoms with Crippen molar-refractivity contribution >= 4 is 21.6 Å². The molecule has 29 heavy (non-hydrogen) atoms. The van der Waals surface area contributed by atoms with Gasteiger partial charge < -0.3 is 9.80 Å². The van der Waals surface area contributed by atoms with Gasteiger partial charge in [-0.2, -0.15) is 4.31 Å². The predicted octanol–water partition coefficient (Wildman–Crippen LogP) is 0.611. The number of benzene rings is 2. The Hall–Kier alpha value is -2.22. The summed E-state index contributed by atoms with van der Waals surface area (Å²) in [6.07, 6.45) is 2.05. The second kappa shape index (κ2) is 7.23. The van der Waals surface area contributed by atoms with Crippen LogP contribution in [0.5, 0.6) is 0 Å². The third kappa shape index (κ3) is 3.37.